The number of aromatic nitrogens is 2. The molecule has 35 heavy (non-hydrogen) atoms. The van der Waals surface area contributed by atoms with E-state index in [1.165, 1.54) is 25.5 Å². The maximum atomic E-state index is 13.2. The Balaban J connectivity index is 1.67. The first-order valence-corrected chi connectivity index (χ1v) is 10.5. The molecule has 0 aliphatic rings. The molecule has 4 N–H and O–H groups in total. The fourth-order valence-electron chi connectivity index (χ4n) is 3.41. The molecule has 0 bridgehead atoms. The Labute approximate surface area is 199 Å². The van der Waals surface area contributed by atoms with Crippen molar-refractivity contribution in [1.29, 1.82) is 0 Å². The standard InChI is InChI=1S/C25H21N5O5/c1-35-17-11-12-20(31)16(13-17)14-26-29-25(34)22(27-23(32)15-7-3-2-4-8-15)21-18-9-5-6-10-19(18)24(33)30-28-21/h2-14,22,31H,1H3,(H,27,32)(H,29,34)(H,30,33)/b26-14-/t22-/m0/s1. The van der Waals surface area contributed by atoms with Crippen molar-refractivity contribution in [3.8, 4) is 11.5 Å². The zero-order chi connectivity index (χ0) is 24.8. The number of benzene rings is 3. The number of ether oxygens (including phenoxy) is 1. The lowest BCUT2D eigenvalue weighted by Gasteiger charge is -2.18. The first-order valence-electron chi connectivity index (χ1n) is 10.5. The van der Waals surface area contributed by atoms with Crippen LogP contribution in [0.1, 0.15) is 27.7 Å². The Bertz CT molecular complexity index is 1470. The summed E-state index contributed by atoms with van der Waals surface area (Å²) in [6.07, 6.45) is 1.24. The van der Waals surface area contributed by atoms with Gasteiger partial charge in [-0.25, -0.2) is 10.5 Å². The lowest BCUT2D eigenvalue weighted by molar-refractivity contribution is -0.123. The lowest BCUT2D eigenvalue weighted by atomic mass is 10.0. The van der Waals surface area contributed by atoms with Crippen LogP contribution in [0.4, 0.5) is 0 Å². The van der Waals surface area contributed by atoms with Gasteiger partial charge >= 0.3 is 0 Å². The van der Waals surface area contributed by atoms with Gasteiger partial charge in [-0.3, -0.25) is 14.4 Å². The number of phenolic OH excluding ortho intramolecular Hbond substituents is 1. The van der Waals surface area contributed by atoms with Crippen LogP contribution in [-0.4, -0.2) is 40.4 Å². The van der Waals surface area contributed by atoms with E-state index in [-0.39, 0.29) is 11.4 Å². The van der Waals surface area contributed by atoms with Gasteiger partial charge in [0.25, 0.3) is 17.4 Å². The van der Waals surface area contributed by atoms with Crippen LogP contribution < -0.4 is 21.0 Å². The van der Waals surface area contributed by atoms with E-state index in [4.69, 9.17) is 4.74 Å². The van der Waals surface area contributed by atoms with E-state index in [0.717, 1.165) is 0 Å². The molecule has 2 amide bonds. The molecular weight excluding hydrogens is 450 g/mol. The van der Waals surface area contributed by atoms with E-state index in [1.54, 1.807) is 60.7 Å². The van der Waals surface area contributed by atoms with Gasteiger partial charge in [-0.1, -0.05) is 36.4 Å². The summed E-state index contributed by atoms with van der Waals surface area (Å²) >= 11 is 0. The molecule has 0 fully saturated rings. The van der Waals surface area contributed by atoms with Gasteiger partial charge in [0.2, 0.25) is 0 Å². The normalized spacial score (nSPS) is 11.8. The number of carbonyl (C=O) groups excluding carboxylic acids is 2. The predicted octanol–water partition coefficient (Wildman–Crippen LogP) is 2.26. The van der Waals surface area contributed by atoms with Crippen molar-refractivity contribution in [2.24, 2.45) is 5.10 Å². The number of H-pyrrole nitrogens is 1. The fraction of sp³-hybridized carbons (Fsp3) is 0.0800. The van der Waals surface area contributed by atoms with Crippen molar-refractivity contribution in [2.45, 2.75) is 6.04 Å². The second-order valence-electron chi connectivity index (χ2n) is 7.42. The number of phenols is 1. The summed E-state index contributed by atoms with van der Waals surface area (Å²) in [6.45, 7) is 0. The van der Waals surface area contributed by atoms with Gasteiger partial charge in [0.15, 0.2) is 6.04 Å². The highest BCUT2D eigenvalue weighted by Crippen LogP contribution is 2.22. The summed E-state index contributed by atoms with van der Waals surface area (Å²) in [7, 11) is 1.48. The smallest absolute Gasteiger partial charge is 0.272 e. The van der Waals surface area contributed by atoms with E-state index < -0.39 is 23.4 Å². The highest BCUT2D eigenvalue weighted by molar-refractivity contribution is 5.99. The fourth-order valence-corrected chi connectivity index (χ4v) is 3.41. The number of hydrogen-bond acceptors (Lipinski definition) is 7. The second-order valence-corrected chi connectivity index (χ2v) is 7.42. The van der Waals surface area contributed by atoms with E-state index in [2.05, 4.69) is 26.0 Å². The Kier molecular flexibility index (Phi) is 6.82. The lowest BCUT2D eigenvalue weighted by Crippen LogP contribution is -2.40. The molecule has 0 radical (unpaired) electrons. The van der Waals surface area contributed by atoms with Gasteiger partial charge in [0.1, 0.15) is 17.2 Å². The van der Waals surface area contributed by atoms with Crippen LogP contribution in [0, 0.1) is 0 Å². The van der Waals surface area contributed by atoms with Crippen molar-refractivity contribution in [3.05, 3.63) is 100.0 Å². The van der Waals surface area contributed by atoms with Gasteiger partial charge in [-0.2, -0.15) is 10.2 Å². The monoisotopic (exact) mass is 471 g/mol. The quantitative estimate of drug-likeness (QED) is 0.240. The minimum absolute atomic E-state index is 0.0639. The number of aromatic amines is 1. The number of hydrazone groups is 1. The minimum atomic E-state index is -1.29. The summed E-state index contributed by atoms with van der Waals surface area (Å²) in [5.74, 6) is -0.798. The third kappa shape index (κ3) is 5.17. The first-order chi connectivity index (χ1) is 17.0. The maximum absolute atomic E-state index is 13.2. The average Bonchev–Trinajstić information content (AvgIpc) is 2.89. The summed E-state index contributed by atoms with van der Waals surface area (Å²) in [4.78, 5) is 38.3. The van der Waals surface area contributed by atoms with Crippen molar-refractivity contribution < 1.29 is 19.4 Å². The van der Waals surface area contributed by atoms with Crippen molar-refractivity contribution in [2.75, 3.05) is 7.11 Å². The third-order valence-electron chi connectivity index (χ3n) is 5.19. The van der Waals surface area contributed by atoms with E-state index >= 15 is 0 Å². The molecular formula is C25H21N5O5. The molecule has 0 saturated heterocycles. The molecule has 0 aliphatic heterocycles. The average molecular weight is 471 g/mol. The van der Waals surface area contributed by atoms with E-state index in [1.807, 2.05) is 0 Å². The number of hydrogen-bond donors (Lipinski definition) is 4. The molecule has 3 aromatic carbocycles. The highest BCUT2D eigenvalue weighted by atomic mass is 16.5. The maximum Gasteiger partial charge on any atom is 0.272 e. The molecule has 10 nitrogen and oxygen atoms in total. The molecule has 0 unspecified atom stereocenters. The molecule has 0 saturated carbocycles. The molecule has 0 spiro atoms. The van der Waals surface area contributed by atoms with Crippen LogP contribution in [0.25, 0.3) is 10.8 Å². The van der Waals surface area contributed by atoms with Crippen LogP contribution in [0.2, 0.25) is 0 Å². The number of nitrogens with one attached hydrogen (secondary N) is 3. The molecule has 0 aliphatic carbocycles. The molecule has 176 valence electrons. The zero-order valence-electron chi connectivity index (χ0n) is 18.6. The molecule has 1 heterocycles. The van der Waals surface area contributed by atoms with Gasteiger partial charge in [-0.15, -0.1) is 0 Å². The summed E-state index contributed by atoms with van der Waals surface area (Å²) in [5.41, 5.74) is 2.72. The van der Waals surface area contributed by atoms with Crippen molar-refractivity contribution >= 4 is 28.8 Å². The first kappa shape index (κ1) is 23.2. The highest BCUT2D eigenvalue weighted by Gasteiger charge is 2.27. The van der Waals surface area contributed by atoms with Crippen LogP contribution >= 0.6 is 0 Å². The number of nitrogens with zero attached hydrogens (tertiary/aromatic N) is 2. The Hall–Kier alpha value is -4.99. The predicted molar refractivity (Wildman–Crippen MR) is 129 cm³/mol. The van der Waals surface area contributed by atoms with E-state index in [9.17, 15) is 19.5 Å². The number of rotatable bonds is 7. The topological polar surface area (TPSA) is 146 Å². The largest absolute Gasteiger partial charge is 0.507 e. The van der Waals surface area contributed by atoms with Gasteiger partial charge < -0.3 is 15.2 Å². The molecule has 4 aromatic rings. The summed E-state index contributed by atoms with van der Waals surface area (Å²) in [5, 5.41) is 23.7. The van der Waals surface area contributed by atoms with E-state index in [0.29, 0.717) is 27.6 Å². The summed E-state index contributed by atoms with van der Waals surface area (Å²) < 4.78 is 5.12. The molecule has 1 atom stereocenters. The number of aromatic hydroxyl groups is 1. The number of amides is 2. The Morgan fingerprint density at radius 3 is 2.51 bits per heavy atom. The SMILES string of the molecule is COc1ccc(O)c(/C=N\NC(=O)[C@@H](NC(=O)c2ccccc2)c2n[nH]c(=O)c3ccccc23)c1. The van der Waals surface area contributed by atoms with Crippen molar-refractivity contribution in [3.63, 3.8) is 0 Å². The number of methoxy groups -OCH3 is 1. The molecule has 10 heteroatoms. The third-order valence-corrected chi connectivity index (χ3v) is 5.19. The van der Waals surface area contributed by atoms with Crippen LogP contribution in [0.15, 0.2) is 82.7 Å². The van der Waals surface area contributed by atoms with Gasteiger partial charge in [0.05, 0.1) is 18.7 Å². The Morgan fingerprint density at radius 2 is 1.77 bits per heavy atom. The second kappa shape index (κ2) is 10.3. The van der Waals surface area contributed by atoms with Gasteiger partial charge in [0, 0.05) is 16.5 Å². The van der Waals surface area contributed by atoms with Crippen LogP contribution in [0.3, 0.4) is 0 Å². The Morgan fingerprint density at radius 1 is 1.06 bits per heavy atom. The van der Waals surface area contributed by atoms with Crippen LogP contribution in [0.5, 0.6) is 11.5 Å². The minimum Gasteiger partial charge on any atom is -0.507 e. The molecule has 4 rings (SSSR count). The molecule has 1 aromatic heterocycles. The van der Waals surface area contributed by atoms with Gasteiger partial charge in [-0.05, 0) is 36.4 Å². The number of carbonyl (C=O) groups is 2. The van der Waals surface area contributed by atoms with Crippen LogP contribution in [-0.2, 0) is 4.79 Å². The van der Waals surface area contributed by atoms with Crippen molar-refractivity contribution in [1.82, 2.24) is 20.9 Å². The zero-order valence-corrected chi connectivity index (χ0v) is 18.6. The number of fused-ring (bicyclic) bond motifs is 1. The summed E-state index contributed by atoms with van der Waals surface area (Å²) in [6, 6.07) is 18.2.